The van der Waals surface area contributed by atoms with Gasteiger partial charge in [0.05, 0.1) is 10.2 Å². The summed E-state index contributed by atoms with van der Waals surface area (Å²) in [5.41, 5.74) is 0.980. The summed E-state index contributed by atoms with van der Waals surface area (Å²) in [4.78, 5) is 10.7. The lowest BCUT2D eigenvalue weighted by molar-refractivity contribution is 0.196. The SMILES string of the molecule is Cc1nc(CN2CCC(Oc3ccncc3Br)C2)co1. The molecule has 5 nitrogen and oxygen atoms in total. The van der Waals surface area contributed by atoms with Gasteiger partial charge >= 0.3 is 0 Å². The van der Waals surface area contributed by atoms with Crippen LogP contribution in [0.5, 0.6) is 5.75 Å². The van der Waals surface area contributed by atoms with E-state index in [1.54, 1.807) is 18.7 Å². The number of hydrogen-bond acceptors (Lipinski definition) is 5. The van der Waals surface area contributed by atoms with Gasteiger partial charge in [-0.3, -0.25) is 9.88 Å². The van der Waals surface area contributed by atoms with Crippen molar-refractivity contribution < 1.29 is 9.15 Å². The second kappa shape index (κ2) is 5.93. The molecule has 0 spiro atoms. The zero-order valence-electron chi connectivity index (χ0n) is 11.3. The molecule has 2 aromatic heterocycles. The van der Waals surface area contributed by atoms with Gasteiger partial charge in [0.25, 0.3) is 0 Å². The lowest BCUT2D eigenvalue weighted by Crippen LogP contribution is -2.24. The first-order valence-electron chi connectivity index (χ1n) is 6.60. The van der Waals surface area contributed by atoms with E-state index in [1.807, 2.05) is 13.0 Å². The molecule has 6 heteroatoms. The summed E-state index contributed by atoms with van der Waals surface area (Å²) in [5, 5.41) is 0. The molecule has 1 aliphatic heterocycles. The summed E-state index contributed by atoms with van der Waals surface area (Å²) in [5.74, 6) is 1.57. The number of oxazole rings is 1. The van der Waals surface area contributed by atoms with Crippen molar-refractivity contribution in [1.29, 1.82) is 0 Å². The molecular formula is C14H16BrN3O2. The second-order valence-electron chi connectivity index (χ2n) is 4.93. The molecule has 3 heterocycles. The number of hydrogen-bond donors (Lipinski definition) is 0. The minimum absolute atomic E-state index is 0.210. The number of likely N-dealkylation sites (tertiary alicyclic amines) is 1. The first-order chi connectivity index (χ1) is 9.70. The predicted molar refractivity (Wildman–Crippen MR) is 77.5 cm³/mol. The van der Waals surface area contributed by atoms with Gasteiger partial charge < -0.3 is 9.15 Å². The molecule has 0 aromatic carbocycles. The first kappa shape index (κ1) is 13.6. The van der Waals surface area contributed by atoms with Crippen LogP contribution >= 0.6 is 15.9 Å². The average molecular weight is 338 g/mol. The molecule has 1 unspecified atom stereocenters. The van der Waals surface area contributed by atoms with Crippen molar-refractivity contribution in [2.75, 3.05) is 13.1 Å². The predicted octanol–water partition coefficient (Wildman–Crippen LogP) is 2.79. The largest absolute Gasteiger partial charge is 0.488 e. The van der Waals surface area contributed by atoms with Crippen molar-refractivity contribution in [2.24, 2.45) is 0 Å². The molecule has 0 bridgehead atoms. The van der Waals surface area contributed by atoms with Crippen molar-refractivity contribution in [2.45, 2.75) is 26.0 Å². The van der Waals surface area contributed by atoms with E-state index >= 15 is 0 Å². The smallest absolute Gasteiger partial charge is 0.191 e. The monoisotopic (exact) mass is 337 g/mol. The molecule has 0 aliphatic carbocycles. The molecular weight excluding hydrogens is 322 g/mol. The quantitative estimate of drug-likeness (QED) is 0.858. The Labute approximate surface area is 126 Å². The molecule has 106 valence electrons. The summed E-state index contributed by atoms with van der Waals surface area (Å²) in [6.07, 6.45) is 6.45. The van der Waals surface area contributed by atoms with E-state index in [4.69, 9.17) is 9.15 Å². The third-order valence-corrected chi connectivity index (χ3v) is 3.91. The van der Waals surface area contributed by atoms with E-state index in [2.05, 4.69) is 30.8 Å². The molecule has 3 rings (SSSR count). The Kier molecular flexibility index (Phi) is 4.03. The highest BCUT2D eigenvalue weighted by molar-refractivity contribution is 9.10. The summed E-state index contributed by atoms with van der Waals surface area (Å²) in [7, 11) is 0. The van der Waals surface area contributed by atoms with E-state index in [9.17, 15) is 0 Å². The van der Waals surface area contributed by atoms with Gasteiger partial charge in [0.15, 0.2) is 5.89 Å². The number of ether oxygens (including phenoxy) is 1. The Morgan fingerprint density at radius 1 is 1.55 bits per heavy atom. The topological polar surface area (TPSA) is 51.4 Å². The normalized spacial score (nSPS) is 19.4. The zero-order chi connectivity index (χ0) is 13.9. The Bertz CT molecular complexity index is 587. The summed E-state index contributed by atoms with van der Waals surface area (Å²) in [6, 6.07) is 1.88. The number of aryl methyl sites for hydroxylation is 1. The third kappa shape index (κ3) is 3.19. The van der Waals surface area contributed by atoms with Gasteiger partial charge in [0.1, 0.15) is 18.1 Å². The van der Waals surface area contributed by atoms with Crippen LogP contribution < -0.4 is 4.74 Å². The van der Waals surface area contributed by atoms with E-state index in [-0.39, 0.29) is 6.10 Å². The molecule has 20 heavy (non-hydrogen) atoms. The fourth-order valence-corrected chi connectivity index (χ4v) is 2.73. The van der Waals surface area contributed by atoms with E-state index < -0.39 is 0 Å². The van der Waals surface area contributed by atoms with Crippen LogP contribution in [0, 0.1) is 6.92 Å². The first-order valence-corrected chi connectivity index (χ1v) is 7.39. The van der Waals surface area contributed by atoms with Crippen molar-refractivity contribution in [3.05, 3.63) is 40.8 Å². The van der Waals surface area contributed by atoms with Crippen LogP contribution in [-0.2, 0) is 6.54 Å². The zero-order valence-corrected chi connectivity index (χ0v) is 12.8. The molecule has 0 amide bonds. The summed E-state index contributed by atoms with van der Waals surface area (Å²) >= 11 is 3.45. The number of nitrogens with zero attached hydrogens (tertiary/aromatic N) is 3. The van der Waals surface area contributed by atoms with E-state index in [0.717, 1.165) is 42.0 Å². The maximum atomic E-state index is 6.01. The van der Waals surface area contributed by atoms with Crippen molar-refractivity contribution >= 4 is 15.9 Å². The molecule has 0 N–H and O–H groups in total. The second-order valence-corrected chi connectivity index (χ2v) is 5.78. The van der Waals surface area contributed by atoms with Gasteiger partial charge in [-0.1, -0.05) is 0 Å². The van der Waals surface area contributed by atoms with E-state index in [0.29, 0.717) is 5.89 Å². The van der Waals surface area contributed by atoms with Crippen LogP contribution in [0.2, 0.25) is 0 Å². The molecule has 0 saturated carbocycles. The number of pyridine rings is 1. The minimum Gasteiger partial charge on any atom is -0.488 e. The minimum atomic E-state index is 0.210. The third-order valence-electron chi connectivity index (χ3n) is 3.31. The molecule has 2 aromatic rings. The molecule has 1 saturated heterocycles. The lowest BCUT2D eigenvalue weighted by Gasteiger charge is -2.16. The number of aromatic nitrogens is 2. The standard InChI is InChI=1S/C14H16BrN3O2/c1-10-17-11(9-19-10)7-18-5-3-12(8-18)20-14-2-4-16-6-13(14)15/h2,4,6,9,12H,3,5,7-8H2,1H3. The number of halogens is 1. The Hall–Kier alpha value is -1.40. The molecule has 0 radical (unpaired) electrons. The maximum absolute atomic E-state index is 6.01. The average Bonchev–Trinajstić information content (AvgIpc) is 3.02. The van der Waals surface area contributed by atoms with Crippen LogP contribution in [0.15, 0.2) is 33.6 Å². The maximum Gasteiger partial charge on any atom is 0.191 e. The van der Waals surface area contributed by atoms with Gasteiger partial charge in [-0.2, -0.15) is 0 Å². The van der Waals surface area contributed by atoms with Crippen LogP contribution in [0.1, 0.15) is 18.0 Å². The lowest BCUT2D eigenvalue weighted by atomic mass is 10.3. The van der Waals surface area contributed by atoms with Gasteiger partial charge in [-0.05, 0) is 28.4 Å². The fraction of sp³-hybridized carbons (Fsp3) is 0.429. The molecule has 1 fully saturated rings. The van der Waals surface area contributed by atoms with Crippen LogP contribution in [0.3, 0.4) is 0 Å². The van der Waals surface area contributed by atoms with Crippen molar-refractivity contribution in [1.82, 2.24) is 14.9 Å². The van der Waals surface area contributed by atoms with Crippen molar-refractivity contribution in [3.63, 3.8) is 0 Å². The Morgan fingerprint density at radius 3 is 3.20 bits per heavy atom. The van der Waals surface area contributed by atoms with Crippen LogP contribution in [0.4, 0.5) is 0 Å². The fourth-order valence-electron chi connectivity index (χ4n) is 2.38. The molecule has 1 atom stereocenters. The van der Waals surface area contributed by atoms with Gasteiger partial charge in [0.2, 0.25) is 0 Å². The van der Waals surface area contributed by atoms with Gasteiger partial charge in [-0.25, -0.2) is 4.98 Å². The highest BCUT2D eigenvalue weighted by Gasteiger charge is 2.25. The molecule has 1 aliphatic rings. The van der Waals surface area contributed by atoms with Crippen LogP contribution in [-0.4, -0.2) is 34.1 Å². The van der Waals surface area contributed by atoms with E-state index in [1.165, 1.54) is 0 Å². The Morgan fingerprint density at radius 2 is 2.45 bits per heavy atom. The highest BCUT2D eigenvalue weighted by atomic mass is 79.9. The van der Waals surface area contributed by atoms with Crippen LogP contribution in [0.25, 0.3) is 0 Å². The summed E-state index contributed by atoms with van der Waals surface area (Å²) in [6.45, 7) is 4.59. The van der Waals surface area contributed by atoms with Crippen molar-refractivity contribution in [3.8, 4) is 5.75 Å². The highest BCUT2D eigenvalue weighted by Crippen LogP contribution is 2.26. The Balaban J connectivity index is 1.56. The van der Waals surface area contributed by atoms with Gasteiger partial charge in [0, 0.05) is 39.0 Å². The van der Waals surface area contributed by atoms with Gasteiger partial charge in [-0.15, -0.1) is 0 Å². The number of rotatable bonds is 4. The summed E-state index contributed by atoms with van der Waals surface area (Å²) < 4.78 is 12.1.